The van der Waals surface area contributed by atoms with Crippen molar-refractivity contribution < 1.29 is 22.7 Å². The van der Waals surface area contributed by atoms with E-state index in [2.05, 4.69) is 14.7 Å². The molecule has 2 aromatic heterocycles. The van der Waals surface area contributed by atoms with Gasteiger partial charge in [0, 0.05) is 23.3 Å². The van der Waals surface area contributed by atoms with Crippen LogP contribution in [0.3, 0.4) is 0 Å². The Morgan fingerprint density at radius 3 is 2.63 bits per heavy atom. The number of esters is 1. The average molecular weight is 288 g/mol. The number of carbonyl (C=O) groups excluding carboxylic acids is 1. The van der Waals surface area contributed by atoms with Crippen LogP contribution in [-0.4, -0.2) is 23.0 Å². The molecule has 4 nitrogen and oxygen atoms in total. The summed E-state index contributed by atoms with van der Waals surface area (Å²) in [4.78, 5) is 18.7. The van der Waals surface area contributed by atoms with Crippen LogP contribution in [0.15, 0.2) is 23.8 Å². The molecule has 0 saturated heterocycles. The van der Waals surface area contributed by atoms with E-state index in [4.69, 9.17) is 0 Å². The molecule has 0 bridgehead atoms. The molecule has 0 aromatic carbocycles. The molecule has 19 heavy (non-hydrogen) atoms. The summed E-state index contributed by atoms with van der Waals surface area (Å²) in [6.07, 6.45) is -2.17. The summed E-state index contributed by atoms with van der Waals surface area (Å²) in [6, 6.07) is 1.08. The van der Waals surface area contributed by atoms with Crippen LogP contribution in [0.25, 0.3) is 10.6 Å². The fourth-order valence-corrected chi connectivity index (χ4v) is 2.06. The summed E-state index contributed by atoms with van der Waals surface area (Å²) in [5, 5.41) is 2.15. The van der Waals surface area contributed by atoms with Crippen LogP contribution in [-0.2, 0) is 10.9 Å². The van der Waals surface area contributed by atoms with Gasteiger partial charge in [-0.15, -0.1) is 11.3 Å². The normalized spacial score (nSPS) is 11.4. The lowest BCUT2D eigenvalue weighted by Gasteiger charge is -2.11. The minimum Gasteiger partial charge on any atom is -0.465 e. The second kappa shape index (κ2) is 4.96. The van der Waals surface area contributed by atoms with Crippen molar-refractivity contribution >= 4 is 17.3 Å². The molecule has 0 atom stereocenters. The number of alkyl halides is 3. The Kier molecular flexibility index (Phi) is 3.52. The monoisotopic (exact) mass is 288 g/mol. The maximum Gasteiger partial charge on any atom is 0.434 e. The van der Waals surface area contributed by atoms with E-state index < -0.39 is 23.4 Å². The molecule has 0 aliphatic carbocycles. The van der Waals surface area contributed by atoms with Gasteiger partial charge in [0.05, 0.1) is 12.7 Å². The summed E-state index contributed by atoms with van der Waals surface area (Å²) in [5.74, 6) is -1.08. The molecule has 2 rings (SSSR count). The zero-order chi connectivity index (χ0) is 14.0. The zero-order valence-electron chi connectivity index (χ0n) is 9.56. The summed E-state index contributed by atoms with van der Waals surface area (Å²) in [5.41, 5.74) is -1.55. The molecule has 0 spiro atoms. The third kappa shape index (κ3) is 2.73. The Morgan fingerprint density at radius 1 is 1.37 bits per heavy atom. The van der Waals surface area contributed by atoms with Gasteiger partial charge in [-0.3, -0.25) is 4.98 Å². The summed E-state index contributed by atoms with van der Waals surface area (Å²) in [7, 11) is 1.01. The van der Waals surface area contributed by atoms with E-state index in [0.29, 0.717) is 10.6 Å². The molecule has 2 heterocycles. The number of nitrogens with zero attached hydrogens (tertiary/aromatic N) is 2. The first-order chi connectivity index (χ1) is 8.93. The van der Waals surface area contributed by atoms with E-state index in [0.717, 1.165) is 19.4 Å². The molecule has 0 aliphatic heterocycles. The second-order valence-corrected chi connectivity index (χ2v) is 4.34. The highest BCUT2D eigenvalue weighted by Crippen LogP contribution is 2.33. The highest BCUT2D eigenvalue weighted by molar-refractivity contribution is 7.13. The number of halogens is 3. The summed E-state index contributed by atoms with van der Waals surface area (Å²) < 4.78 is 42.6. The molecule has 100 valence electrons. The number of aromatic nitrogens is 2. The molecular weight excluding hydrogens is 281 g/mol. The van der Waals surface area contributed by atoms with Gasteiger partial charge in [0.2, 0.25) is 0 Å². The SMILES string of the molecule is COC(=O)c1cc(-c2nccs2)cnc1C(F)(F)F. The predicted molar refractivity (Wildman–Crippen MR) is 61.7 cm³/mol. The van der Waals surface area contributed by atoms with E-state index >= 15 is 0 Å². The van der Waals surface area contributed by atoms with E-state index in [1.165, 1.54) is 17.5 Å². The van der Waals surface area contributed by atoms with Gasteiger partial charge < -0.3 is 4.74 Å². The van der Waals surface area contributed by atoms with Crippen molar-refractivity contribution in [3.8, 4) is 10.6 Å². The largest absolute Gasteiger partial charge is 0.465 e. The molecule has 0 unspecified atom stereocenters. The number of methoxy groups -OCH3 is 1. The third-order valence-electron chi connectivity index (χ3n) is 2.24. The molecule has 0 N–H and O–H groups in total. The molecular formula is C11H7F3N2O2S. The van der Waals surface area contributed by atoms with Crippen molar-refractivity contribution in [3.05, 3.63) is 35.1 Å². The Balaban J connectivity index is 2.57. The zero-order valence-corrected chi connectivity index (χ0v) is 10.4. The van der Waals surface area contributed by atoms with E-state index in [1.807, 2.05) is 0 Å². The van der Waals surface area contributed by atoms with Crippen LogP contribution < -0.4 is 0 Å². The first-order valence-corrected chi connectivity index (χ1v) is 5.87. The number of hydrogen-bond acceptors (Lipinski definition) is 5. The predicted octanol–water partition coefficient (Wildman–Crippen LogP) is 3.01. The van der Waals surface area contributed by atoms with Crippen molar-refractivity contribution in [2.75, 3.05) is 7.11 Å². The number of thiazole rings is 1. The van der Waals surface area contributed by atoms with Gasteiger partial charge >= 0.3 is 12.1 Å². The standard InChI is InChI=1S/C11H7F3N2O2S/c1-18-10(17)7-4-6(9-15-2-3-19-9)5-16-8(7)11(12,13)14/h2-5H,1H3. The van der Waals surface area contributed by atoms with E-state index in [-0.39, 0.29) is 0 Å². The minimum atomic E-state index is -4.72. The second-order valence-electron chi connectivity index (χ2n) is 3.45. The van der Waals surface area contributed by atoms with Crippen LogP contribution in [0.5, 0.6) is 0 Å². The lowest BCUT2D eigenvalue weighted by molar-refractivity contribution is -0.141. The van der Waals surface area contributed by atoms with Gasteiger partial charge in [-0.05, 0) is 6.07 Å². The van der Waals surface area contributed by atoms with Gasteiger partial charge in [0.1, 0.15) is 5.01 Å². The van der Waals surface area contributed by atoms with Crippen molar-refractivity contribution in [2.24, 2.45) is 0 Å². The van der Waals surface area contributed by atoms with Crippen molar-refractivity contribution in [1.82, 2.24) is 9.97 Å². The minimum absolute atomic E-state index is 0.336. The van der Waals surface area contributed by atoms with Crippen molar-refractivity contribution in [3.63, 3.8) is 0 Å². The lowest BCUT2D eigenvalue weighted by Crippen LogP contribution is -2.16. The molecule has 8 heteroatoms. The van der Waals surface area contributed by atoms with Crippen LogP contribution in [0.4, 0.5) is 13.2 Å². The molecule has 0 amide bonds. The number of pyridine rings is 1. The number of rotatable bonds is 2. The average Bonchev–Trinajstić information content (AvgIpc) is 2.90. The highest BCUT2D eigenvalue weighted by atomic mass is 32.1. The van der Waals surface area contributed by atoms with Crippen molar-refractivity contribution in [1.29, 1.82) is 0 Å². The summed E-state index contributed by atoms with van der Waals surface area (Å²) in [6.45, 7) is 0. The van der Waals surface area contributed by atoms with Crippen LogP contribution >= 0.6 is 11.3 Å². The smallest absolute Gasteiger partial charge is 0.434 e. The van der Waals surface area contributed by atoms with Gasteiger partial charge in [0.15, 0.2) is 5.69 Å². The first kappa shape index (κ1) is 13.5. The van der Waals surface area contributed by atoms with Crippen LogP contribution in [0, 0.1) is 0 Å². The van der Waals surface area contributed by atoms with Crippen LogP contribution in [0.2, 0.25) is 0 Å². The number of carbonyl (C=O) groups is 1. The highest BCUT2D eigenvalue weighted by Gasteiger charge is 2.37. The fraction of sp³-hybridized carbons (Fsp3) is 0.182. The Hall–Kier alpha value is -1.96. The molecule has 0 aliphatic rings. The Morgan fingerprint density at radius 2 is 2.11 bits per heavy atom. The maximum absolute atomic E-state index is 12.7. The summed E-state index contributed by atoms with van der Waals surface area (Å²) >= 11 is 1.23. The Bertz CT molecular complexity index is 596. The Labute approximate surface area is 109 Å². The topological polar surface area (TPSA) is 52.1 Å². The lowest BCUT2D eigenvalue weighted by atomic mass is 10.1. The quantitative estimate of drug-likeness (QED) is 0.797. The van der Waals surface area contributed by atoms with E-state index in [9.17, 15) is 18.0 Å². The van der Waals surface area contributed by atoms with Gasteiger partial charge in [-0.2, -0.15) is 13.2 Å². The number of ether oxygens (including phenoxy) is 1. The van der Waals surface area contributed by atoms with Gasteiger partial charge in [0.25, 0.3) is 0 Å². The molecule has 0 saturated carbocycles. The first-order valence-electron chi connectivity index (χ1n) is 4.99. The van der Waals surface area contributed by atoms with E-state index in [1.54, 1.807) is 5.38 Å². The third-order valence-corrected chi connectivity index (χ3v) is 3.06. The van der Waals surface area contributed by atoms with Crippen molar-refractivity contribution in [2.45, 2.75) is 6.18 Å². The molecule has 0 radical (unpaired) electrons. The maximum atomic E-state index is 12.7. The fourth-order valence-electron chi connectivity index (χ4n) is 1.44. The molecule has 2 aromatic rings. The number of hydrogen-bond donors (Lipinski definition) is 0. The molecule has 0 fully saturated rings. The van der Waals surface area contributed by atoms with Gasteiger partial charge in [-0.1, -0.05) is 0 Å². The van der Waals surface area contributed by atoms with Gasteiger partial charge in [-0.25, -0.2) is 9.78 Å². The van der Waals surface area contributed by atoms with Crippen LogP contribution in [0.1, 0.15) is 16.1 Å².